The van der Waals surface area contributed by atoms with Crippen LogP contribution in [0.2, 0.25) is 0 Å². The molecule has 1 aromatic rings. The fourth-order valence-corrected chi connectivity index (χ4v) is 1.94. The Hall–Kier alpha value is -1.61. The van der Waals surface area contributed by atoms with Crippen LogP contribution in [0, 0.1) is 5.41 Å². The summed E-state index contributed by atoms with van der Waals surface area (Å²) in [5, 5.41) is 11.8. The first kappa shape index (κ1) is 17.4. The van der Waals surface area contributed by atoms with Crippen molar-refractivity contribution in [2.24, 2.45) is 5.41 Å². The lowest BCUT2D eigenvalue weighted by molar-refractivity contribution is -0.116. The van der Waals surface area contributed by atoms with Crippen LogP contribution >= 0.6 is 0 Å². The molecule has 0 saturated heterocycles. The number of benzene rings is 1. The SMILES string of the molecule is CC(C)c1ccc(/C=C/C(=O)NCC(C)(C)CCO)cc1. The predicted octanol–water partition coefficient (Wildman–Crippen LogP) is 3.35. The molecule has 0 saturated carbocycles. The van der Waals surface area contributed by atoms with Crippen LogP contribution in [-0.2, 0) is 4.79 Å². The zero-order valence-corrected chi connectivity index (χ0v) is 13.5. The molecule has 1 aromatic carbocycles. The second kappa shape index (κ2) is 7.99. The molecular formula is C18H27NO2. The number of nitrogens with one attached hydrogen (secondary N) is 1. The van der Waals surface area contributed by atoms with Gasteiger partial charge in [-0.2, -0.15) is 0 Å². The molecule has 0 aromatic heterocycles. The van der Waals surface area contributed by atoms with Gasteiger partial charge in [0, 0.05) is 19.2 Å². The van der Waals surface area contributed by atoms with E-state index in [0.29, 0.717) is 18.9 Å². The summed E-state index contributed by atoms with van der Waals surface area (Å²) in [6.07, 6.45) is 4.05. The first-order chi connectivity index (χ1) is 9.84. The minimum absolute atomic E-state index is 0.0861. The highest BCUT2D eigenvalue weighted by Gasteiger charge is 2.17. The Morgan fingerprint density at radius 1 is 1.29 bits per heavy atom. The third kappa shape index (κ3) is 6.58. The summed E-state index contributed by atoms with van der Waals surface area (Å²) >= 11 is 0. The van der Waals surface area contributed by atoms with E-state index < -0.39 is 0 Å². The van der Waals surface area contributed by atoms with E-state index in [1.807, 2.05) is 32.1 Å². The molecule has 2 N–H and O–H groups in total. The first-order valence-corrected chi connectivity index (χ1v) is 7.51. The Morgan fingerprint density at radius 3 is 2.43 bits per heavy atom. The second-order valence-electron chi connectivity index (χ2n) is 6.51. The summed E-state index contributed by atoms with van der Waals surface area (Å²) < 4.78 is 0. The molecule has 3 nitrogen and oxygen atoms in total. The van der Waals surface area contributed by atoms with Crippen LogP contribution in [0.4, 0.5) is 0 Å². The molecule has 1 amide bonds. The van der Waals surface area contributed by atoms with Gasteiger partial charge in [0.2, 0.25) is 5.91 Å². The van der Waals surface area contributed by atoms with E-state index in [9.17, 15) is 4.79 Å². The van der Waals surface area contributed by atoms with Crippen LogP contribution in [0.25, 0.3) is 6.08 Å². The summed E-state index contributed by atoms with van der Waals surface area (Å²) in [5.41, 5.74) is 2.23. The van der Waals surface area contributed by atoms with Crippen molar-refractivity contribution in [3.8, 4) is 0 Å². The van der Waals surface area contributed by atoms with Gasteiger partial charge < -0.3 is 10.4 Å². The maximum absolute atomic E-state index is 11.8. The Kier molecular flexibility index (Phi) is 6.63. The van der Waals surface area contributed by atoms with E-state index in [1.165, 1.54) is 5.56 Å². The van der Waals surface area contributed by atoms with Gasteiger partial charge in [-0.25, -0.2) is 0 Å². The monoisotopic (exact) mass is 289 g/mol. The fourth-order valence-electron chi connectivity index (χ4n) is 1.94. The van der Waals surface area contributed by atoms with Gasteiger partial charge >= 0.3 is 0 Å². The summed E-state index contributed by atoms with van der Waals surface area (Å²) in [5.74, 6) is 0.411. The summed E-state index contributed by atoms with van der Waals surface area (Å²) in [4.78, 5) is 11.8. The topological polar surface area (TPSA) is 49.3 Å². The standard InChI is InChI=1S/C18H27NO2/c1-14(2)16-8-5-15(6-9-16)7-10-17(21)19-13-18(3,4)11-12-20/h5-10,14,20H,11-13H2,1-4H3,(H,19,21)/b10-7+. The van der Waals surface area contributed by atoms with Crippen LogP contribution in [0.15, 0.2) is 30.3 Å². The molecule has 0 spiro atoms. The molecular weight excluding hydrogens is 262 g/mol. The van der Waals surface area contributed by atoms with E-state index in [1.54, 1.807) is 6.08 Å². The van der Waals surface area contributed by atoms with Crippen molar-refractivity contribution in [3.63, 3.8) is 0 Å². The van der Waals surface area contributed by atoms with Gasteiger partial charge in [-0.05, 0) is 35.0 Å². The van der Waals surface area contributed by atoms with E-state index in [4.69, 9.17) is 5.11 Å². The van der Waals surface area contributed by atoms with Gasteiger partial charge in [0.15, 0.2) is 0 Å². The van der Waals surface area contributed by atoms with E-state index in [0.717, 1.165) is 5.56 Å². The molecule has 0 fully saturated rings. The third-order valence-corrected chi connectivity index (χ3v) is 3.56. The van der Waals surface area contributed by atoms with Crippen molar-refractivity contribution in [1.82, 2.24) is 5.32 Å². The lowest BCUT2D eigenvalue weighted by Gasteiger charge is -2.23. The van der Waals surface area contributed by atoms with Gasteiger partial charge in [-0.15, -0.1) is 0 Å². The fraction of sp³-hybridized carbons (Fsp3) is 0.500. The van der Waals surface area contributed by atoms with Gasteiger partial charge in [0.25, 0.3) is 0 Å². The lowest BCUT2D eigenvalue weighted by Crippen LogP contribution is -2.33. The predicted molar refractivity (Wildman–Crippen MR) is 88.1 cm³/mol. The molecule has 0 radical (unpaired) electrons. The summed E-state index contributed by atoms with van der Waals surface area (Å²) in [6, 6.07) is 8.23. The van der Waals surface area contributed by atoms with E-state index in [-0.39, 0.29) is 17.9 Å². The number of hydrogen-bond donors (Lipinski definition) is 2. The largest absolute Gasteiger partial charge is 0.396 e. The molecule has 0 bridgehead atoms. The van der Waals surface area contributed by atoms with Crippen molar-refractivity contribution in [3.05, 3.63) is 41.5 Å². The van der Waals surface area contributed by atoms with Crippen molar-refractivity contribution in [2.45, 2.75) is 40.0 Å². The van der Waals surface area contributed by atoms with Gasteiger partial charge in [-0.1, -0.05) is 52.0 Å². The number of aliphatic hydroxyl groups is 1. The van der Waals surface area contributed by atoms with E-state index in [2.05, 4.69) is 31.3 Å². The van der Waals surface area contributed by atoms with Gasteiger partial charge in [0.05, 0.1) is 0 Å². The Bertz CT molecular complexity index is 472. The zero-order chi connectivity index (χ0) is 15.9. The normalized spacial score (nSPS) is 12.1. The maximum Gasteiger partial charge on any atom is 0.244 e. The van der Waals surface area contributed by atoms with Crippen LogP contribution in [0.3, 0.4) is 0 Å². The number of hydrogen-bond acceptors (Lipinski definition) is 2. The Morgan fingerprint density at radius 2 is 1.90 bits per heavy atom. The molecule has 0 aliphatic carbocycles. The first-order valence-electron chi connectivity index (χ1n) is 7.51. The number of carbonyl (C=O) groups excluding carboxylic acids is 1. The second-order valence-corrected chi connectivity index (χ2v) is 6.51. The molecule has 0 atom stereocenters. The molecule has 21 heavy (non-hydrogen) atoms. The molecule has 3 heteroatoms. The van der Waals surface area contributed by atoms with Crippen LogP contribution in [0.5, 0.6) is 0 Å². The quantitative estimate of drug-likeness (QED) is 0.756. The number of rotatable bonds is 7. The highest BCUT2D eigenvalue weighted by atomic mass is 16.3. The Labute approximate surface area is 128 Å². The van der Waals surface area contributed by atoms with Crippen LogP contribution < -0.4 is 5.32 Å². The van der Waals surface area contributed by atoms with Gasteiger partial charge in [0.1, 0.15) is 0 Å². The smallest absolute Gasteiger partial charge is 0.244 e. The average molecular weight is 289 g/mol. The van der Waals surface area contributed by atoms with Crippen molar-refractivity contribution in [2.75, 3.05) is 13.2 Å². The van der Waals surface area contributed by atoms with Crippen molar-refractivity contribution >= 4 is 12.0 Å². The zero-order valence-electron chi connectivity index (χ0n) is 13.5. The molecule has 116 valence electrons. The average Bonchev–Trinajstić information content (AvgIpc) is 2.43. The summed E-state index contributed by atoms with van der Waals surface area (Å²) in [7, 11) is 0. The number of aliphatic hydroxyl groups excluding tert-OH is 1. The molecule has 0 unspecified atom stereocenters. The number of amides is 1. The maximum atomic E-state index is 11.8. The molecule has 0 heterocycles. The van der Waals surface area contributed by atoms with Gasteiger partial charge in [-0.3, -0.25) is 4.79 Å². The molecule has 0 aliphatic rings. The van der Waals surface area contributed by atoms with Crippen molar-refractivity contribution < 1.29 is 9.90 Å². The highest BCUT2D eigenvalue weighted by molar-refractivity contribution is 5.91. The van der Waals surface area contributed by atoms with Crippen LogP contribution in [-0.4, -0.2) is 24.2 Å². The molecule has 1 rings (SSSR count). The van der Waals surface area contributed by atoms with E-state index >= 15 is 0 Å². The lowest BCUT2D eigenvalue weighted by atomic mass is 9.90. The Balaban J connectivity index is 2.50. The third-order valence-electron chi connectivity index (χ3n) is 3.56. The van der Waals surface area contributed by atoms with Crippen LogP contribution in [0.1, 0.15) is 51.2 Å². The summed E-state index contributed by atoms with van der Waals surface area (Å²) in [6.45, 7) is 9.07. The highest BCUT2D eigenvalue weighted by Crippen LogP contribution is 2.18. The van der Waals surface area contributed by atoms with Crippen molar-refractivity contribution in [1.29, 1.82) is 0 Å². The number of carbonyl (C=O) groups is 1. The molecule has 0 aliphatic heterocycles. The minimum atomic E-state index is -0.103. The minimum Gasteiger partial charge on any atom is -0.396 e.